The van der Waals surface area contributed by atoms with Crippen LogP contribution in [0.5, 0.6) is 0 Å². The van der Waals surface area contributed by atoms with Gasteiger partial charge in [-0.3, -0.25) is 14.5 Å². The molecule has 2 aromatic carbocycles. The Balaban J connectivity index is 1.84. The highest BCUT2D eigenvalue weighted by Crippen LogP contribution is 2.42. The molecule has 1 aliphatic rings. The predicted octanol–water partition coefficient (Wildman–Crippen LogP) is 5.69. The average molecular weight is 455 g/mol. The highest BCUT2D eigenvalue weighted by Gasteiger charge is 2.44. The molecular weight excluding hydrogens is 442 g/mol. The van der Waals surface area contributed by atoms with E-state index >= 15 is 0 Å². The molecule has 3 heterocycles. The highest BCUT2D eigenvalue weighted by atomic mass is 35.5. The van der Waals surface area contributed by atoms with Gasteiger partial charge in [0.05, 0.1) is 27.0 Å². The van der Waals surface area contributed by atoms with Gasteiger partial charge in [0, 0.05) is 6.20 Å². The first kappa shape index (κ1) is 19.7. The molecule has 4 aromatic rings. The van der Waals surface area contributed by atoms with Crippen LogP contribution < -0.4 is 10.3 Å². The minimum Gasteiger partial charge on any atom is -0.450 e. The molecule has 0 aliphatic carbocycles. The highest BCUT2D eigenvalue weighted by molar-refractivity contribution is 6.42. The fraction of sp³-hybridized carbons (Fsp3) is 0.0870. The quantitative estimate of drug-likeness (QED) is 0.390. The molecule has 1 amide bonds. The zero-order valence-corrected chi connectivity index (χ0v) is 17.5. The van der Waals surface area contributed by atoms with Crippen LogP contribution in [0.2, 0.25) is 10.0 Å². The van der Waals surface area contributed by atoms with Crippen LogP contribution in [0.1, 0.15) is 33.3 Å². The zero-order valence-electron chi connectivity index (χ0n) is 16.0. The van der Waals surface area contributed by atoms with Gasteiger partial charge in [-0.25, -0.2) is 9.37 Å². The van der Waals surface area contributed by atoms with Crippen LogP contribution in [0, 0.1) is 12.7 Å². The SMILES string of the molecule is Cc1ccnc(N2C(=O)c3oc4ccc(F)cc4c(=O)c3[C@@H]2c2ccc(Cl)c(Cl)c2)c1. The van der Waals surface area contributed by atoms with E-state index in [0.717, 1.165) is 11.6 Å². The average Bonchev–Trinajstić information content (AvgIpc) is 3.03. The number of aryl methyl sites for hydroxylation is 1. The molecule has 0 radical (unpaired) electrons. The number of carbonyl (C=O) groups is 1. The molecule has 0 N–H and O–H groups in total. The minimum atomic E-state index is -0.865. The normalized spacial score (nSPS) is 15.5. The molecular formula is C23H13Cl2FN2O3. The van der Waals surface area contributed by atoms with Crippen LogP contribution in [0.4, 0.5) is 10.2 Å². The summed E-state index contributed by atoms with van der Waals surface area (Å²) in [6.07, 6.45) is 1.58. The zero-order chi connectivity index (χ0) is 21.9. The van der Waals surface area contributed by atoms with E-state index in [0.29, 0.717) is 16.4 Å². The van der Waals surface area contributed by atoms with Gasteiger partial charge in [-0.2, -0.15) is 0 Å². The van der Waals surface area contributed by atoms with Crippen molar-refractivity contribution in [3.05, 3.63) is 103 Å². The van der Waals surface area contributed by atoms with E-state index in [1.54, 1.807) is 36.5 Å². The van der Waals surface area contributed by atoms with Crippen molar-refractivity contribution in [3.8, 4) is 0 Å². The predicted molar refractivity (Wildman–Crippen MR) is 117 cm³/mol. The van der Waals surface area contributed by atoms with Crippen molar-refractivity contribution in [2.75, 3.05) is 4.90 Å². The summed E-state index contributed by atoms with van der Waals surface area (Å²) in [6, 6.07) is 11.1. The number of benzene rings is 2. The summed E-state index contributed by atoms with van der Waals surface area (Å²) in [4.78, 5) is 32.6. The molecule has 0 fully saturated rings. The van der Waals surface area contributed by atoms with Crippen molar-refractivity contribution in [3.63, 3.8) is 0 Å². The summed E-state index contributed by atoms with van der Waals surface area (Å²) >= 11 is 12.3. The van der Waals surface area contributed by atoms with Crippen molar-refractivity contribution in [1.29, 1.82) is 0 Å². The molecule has 1 atom stereocenters. The Bertz CT molecular complexity index is 1450. The molecule has 1 aliphatic heterocycles. The number of hydrogen-bond donors (Lipinski definition) is 0. The molecule has 0 saturated carbocycles. The van der Waals surface area contributed by atoms with E-state index in [2.05, 4.69) is 4.98 Å². The maximum absolute atomic E-state index is 13.8. The first-order valence-electron chi connectivity index (χ1n) is 9.32. The summed E-state index contributed by atoms with van der Waals surface area (Å²) in [5.74, 6) is -0.856. The maximum Gasteiger partial charge on any atom is 0.296 e. The molecule has 2 aromatic heterocycles. The summed E-state index contributed by atoms with van der Waals surface area (Å²) in [7, 11) is 0. The van der Waals surface area contributed by atoms with Crippen molar-refractivity contribution in [1.82, 2.24) is 4.98 Å². The van der Waals surface area contributed by atoms with Gasteiger partial charge in [0.15, 0.2) is 5.43 Å². The van der Waals surface area contributed by atoms with Crippen LogP contribution >= 0.6 is 23.2 Å². The van der Waals surface area contributed by atoms with Crippen molar-refractivity contribution in [2.24, 2.45) is 0 Å². The monoisotopic (exact) mass is 454 g/mol. The number of halogens is 3. The third-order valence-electron chi connectivity index (χ3n) is 5.24. The fourth-order valence-corrected chi connectivity index (χ4v) is 4.14. The number of fused-ring (bicyclic) bond motifs is 2. The fourth-order valence-electron chi connectivity index (χ4n) is 3.83. The number of anilines is 1. The summed E-state index contributed by atoms with van der Waals surface area (Å²) in [6.45, 7) is 1.87. The second-order valence-corrected chi connectivity index (χ2v) is 8.07. The Labute approximate surface area is 185 Å². The molecule has 5 rings (SSSR count). The lowest BCUT2D eigenvalue weighted by Gasteiger charge is -2.24. The van der Waals surface area contributed by atoms with Gasteiger partial charge in [-0.1, -0.05) is 29.3 Å². The lowest BCUT2D eigenvalue weighted by atomic mass is 9.98. The lowest BCUT2D eigenvalue weighted by molar-refractivity contribution is 0.0970. The molecule has 31 heavy (non-hydrogen) atoms. The largest absolute Gasteiger partial charge is 0.450 e. The first-order chi connectivity index (χ1) is 14.8. The maximum atomic E-state index is 13.8. The lowest BCUT2D eigenvalue weighted by Crippen LogP contribution is -2.30. The number of nitrogens with zero attached hydrogens (tertiary/aromatic N) is 2. The van der Waals surface area contributed by atoms with E-state index in [1.807, 2.05) is 6.92 Å². The van der Waals surface area contributed by atoms with E-state index in [-0.39, 0.29) is 27.3 Å². The van der Waals surface area contributed by atoms with Crippen molar-refractivity contribution >= 4 is 45.9 Å². The standard InChI is InChI=1S/C23H13Cl2FN2O3/c1-11-6-7-27-18(8-11)28-20(12-2-4-15(24)16(25)9-12)19-21(29)14-10-13(26)3-5-17(14)31-22(19)23(28)30/h2-10,20H,1H3/t20-/m0/s1. The number of aromatic nitrogens is 1. The van der Waals surface area contributed by atoms with Crippen LogP contribution in [0.15, 0.2) is 63.9 Å². The summed E-state index contributed by atoms with van der Waals surface area (Å²) in [5, 5.41) is 0.659. The Hall–Kier alpha value is -3.22. The molecule has 0 bridgehead atoms. The van der Waals surface area contributed by atoms with Crippen molar-refractivity contribution in [2.45, 2.75) is 13.0 Å². The van der Waals surface area contributed by atoms with Gasteiger partial charge in [-0.05, 0) is 60.5 Å². The van der Waals surface area contributed by atoms with Crippen LogP contribution in [0.25, 0.3) is 11.0 Å². The van der Waals surface area contributed by atoms with E-state index in [1.165, 1.54) is 17.0 Å². The van der Waals surface area contributed by atoms with Crippen LogP contribution in [-0.2, 0) is 0 Å². The van der Waals surface area contributed by atoms with Crippen LogP contribution in [-0.4, -0.2) is 10.9 Å². The minimum absolute atomic E-state index is 0.0515. The van der Waals surface area contributed by atoms with Gasteiger partial charge in [0.1, 0.15) is 17.2 Å². The van der Waals surface area contributed by atoms with Crippen LogP contribution in [0.3, 0.4) is 0 Å². The van der Waals surface area contributed by atoms with Gasteiger partial charge < -0.3 is 4.42 Å². The van der Waals surface area contributed by atoms with Gasteiger partial charge >= 0.3 is 0 Å². The van der Waals surface area contributed by atoms with Gasteiger partial charge in [0.2, 0.25) is 5.76 Å². The second kappa shape index (κ2) is 7.18. The Morgan fingerprint density at radius 1 is 1.03 bits per heavy atom. The van der Waals surface area contributed by atoms with E-state index < -0.39 is 23.2 Å². The van der Waals surface area contributed by atoms with Crippen molar-refractivity contribution < 1.29 is 13.6 Å². The number of pyridine rings is 1. The Morgan fingerprint density at radius 2 is 1.84 bits per heavy atom. The molecule has 0 unspecified atom stereocenters. The molecule has 0 spiro atoms. The number of rotatable bonds is 2. The molecule has 8 heteroatoms. The van der Waals surface area contributed by atoms with Gasteiger partial charge in [-0.15, -0.1) is 0 Å². The summed E-state index contributed by atoms with van der Waals surface area (Å²) < 4.78 is 19.6. The third kappa shape index (κ3) is 3.10. The molecule has 5 nitrogen and oxygen atoms in total. The van der Waals surface area contributed by atoms with E-state index in [4.69, 9.17) is 27.6 Å². The molecule has 0 saturated heterocycles. The molecule has 154 valence electrons. The third-order valence-corrected chi connectivity index (χ3v) is 5.98. The Kier molecular flexibility index (Phi) is 4.57. The smallest absolute Gasteiger partial charge is 0.296 e. The topological polar surface area (TPSA) is 63.4 Å². The number of amides is 1. The Morgan fingerprint density at radius 3 is 2.58 bits per heavy atom. The van der Waals surface area contributed by atoms with Gasteiger partial charge in [0.25, 0.3) is 5.91 Å². The second-order valence-electron chi connectivity index (χ2n) is 7.26. The number of carbonyl (C=O) groups excluding carboxylic acids is 1. The van der Waals surface area contributed by atoms with E-state index in [9.17, 15) is 14.0 Å². The summed E-state index contributed by atoms with van der Waals surface area (Å²) in [5.41, 5.74) is 1.17. The first-order valence-corrected chi connectivity index (χ1v) is 10.1. The number of hydrogen-bond acceptors (Lipinski definition) is 4.